The molecule has 2 heterocycles. The van der Waals surface area contributed by atoms with Crippen LogP contribution in [0.25, 0.3) is 10.8 Å². The van der Waals surface area contributed by atoms with Gasteiger partial charge in [-0.25, -0.2) is 0 Å². The Morgan fingerprint density at radius 2 is 1.85 bits per heavy atom. The fourth-order valence-electron chi connectivity index (χ4n) is 3.30. The van der Waals surface area contributed by atoms with Crippen molar-refractivity contribution in [1.29, 1.82) is 0 Å². The molecule has 0 spiro atoms. The molecule has 6 heteroatoms. The molecule has 138 valence electrons. The third kappa shape index (κ3) is 3.31. The van der Waals surface area contributed by atoms with E-state index in [1.54, 1.807) is 35.0 Å². The van der Waals surface area contributed by atoms with Crippen LogP contribution in [0.2, 0.25) is 0 Å². The first-order valence-electron chi connectivity index (χ1n) is 8.82. The van der Waals surface area contributed by atoms with Gasteiger partial charge < -0.3 is 19.1 Å². The van der Waals surface area contributed by atoms with E-state index in [1.165, 1.54) is 0 Å². The van der Waals surface area contributed by atoms with E-state index < -0.39 is 0 Å². The molecule has 0 atom stereocenters. The number of rotatable bonds is 5. The number of carbonyl (C=O) groups excluding carboxylic acids is 1. The number of hydrogen-bond acceptors (Lipinski definition) is 5. The Hall–Kier alpha value is -3.12. The number of pyridine rings is 1. The van der Waals surface area contributed by atoms with Crippen LogP contribution >= 0.6 is 0 Å². The van der Waals surface area contributed by atoms with Gasteiger partial charge in [0.2, 0.25) is 0 Å². The molecule has 0 saturated carbocycles. The third-order valence-electron chi connectivity index (χ3n) is 4.62. The van der Waals surface area contributed by atoms with Crippen molar-refractivity contribution in [2.24, 2.45) is 0 Å². The Labute approximate surface area is 155 Å². The fourth-order valence-corrected chi connectivity index (χ4v) is 3.30. The summed E-state index contributed by atoms with van der Waals surface area (Å²) in [4.78, 5) is 25.1. The molecule has 0 unspecified atom stereocenters. The molecule has 27 heavy (non-hydrogen) atoms. The molecule has 0 amide bonds. The Kier molecular flexibility index (Phi) is 4.64. The molecule has 2 aromatic carbocycles. The van der Waals surface area contributed by atoms with Gasteiger partial charge >= 0.3 is 0 Å². The highest BCUT2D eigenvalue weighted by atomic mass is 16.6. The Morgan fingerprint density at radius 3 is 2.67 bits per heavy atom. The van der Waals surface area contributed by atoms with Gasteiger partial charge in [0.05, 0.1) is 13.2 Å². The maximum absolute atomic E-state index is 12.9. The summed E-state index contributed by atoms with van der Waals surface area (Å²) in [5.74, 6) is 1.22. The summed E-state index contributed by atoms with van der Waals surface area (Å²) in [6.45, 7) is 1.22. The lowest BCUT2D eigenvalue weighted by molar-refractivity contribution is 0.0958. The number of fused-ring (bicyclic) bond motifs is 2. The van der Waals surface area contributed by atoms with Crippen LogP contribution in [-0.4, -0.2) is 35.3 Å². The number of aliphatic hydroxyl groups excluding tert-OH is 1. The van der Waals surface area contributed by atoms with Crippen molar-refractivity contribution in [2.75, 3.05) is 19.8 Å². The van der Waals surface area contributed by atoms with E-state index in [0.29, 0.717) is 47.6 Å². The second-order valence-electron chi connectivity index (χ2n) is 6.39. The average molecular weight is 365 g/mol. The second kappa shape index (κ2) is 7.25. The van der Waals surface area contributed by atoms with E-state index in [0.717, 1.165) is 5.56 Å². The minimum Gasteiger partial charge on any atom is -0.486 e. The summed E-state index contributed by atoms with van der Waals surface area (Å²) in [6, 6.07) is 12.5. The van der Waals surface area contributed by atoms with Crippen LogP contribution in [0.15, 0.2) is 53.5 Å². The predicted octanol–water partition coefficient (Wildman–Crippen LogP) is 2.39. The number of aromatic nitrogens is 1. The first-order chi connectivity index (χ1) is 13.2. The molecule has 3 aromatic rings. The smallest absolute Gasteiger partial charge is 0.258 e. The highest BCUT2D eigenvalue weighted by Crippen LogP contribution is 2.31. The van der Waals surface area contributed by atoms with Crippen LogP contribution in [0.4, 0.5) is 0 Å². The van der Waals surface area contributed by atoms with Crippen molar-refractivity contribution in [3.05, 3.63) is 70.1 Å². The molecular formula is C21H19NO5. The molecule has 0 radical (unpaired) electrons. The Bertz CT molecular complexity index is 1070. The molecule has 0 saturated heterocycles. The topological polar surface area (TPSA) is 77.8 Å². The van der Waals surface area contributed by atoms with Crippen LogP contribution in [0.1, 0.15) is 22.3 Å². The lowest BCUT2D eigenvalue weighted by Crippen LogP contribution is -2.21. The SMILES string of the molecule is O=C(CCO)c1cccc2c(=O)n(Cc3ccc4c(c3)OCCO4)ccc12. The third-order valence-corrected chi connectivity index (χ3v) is 4.62. The summed E-state index contributed by atoms with van der Waals surface area (Å²) in [6.07, 6.45) is 1.73. The van der Waals surface area contributed by atoms with E-state index in [2.05, 4.69) is 0 Å². The first kappa shape index (κ1) is 17.3. The molecule has 1 N–H and O–H groups in total. The van der Waals surface area contributed by atoms with Crippen molar-refractivity contribution < 1.29 is 19.4 Å². The molecule has 0 bridgehead atoms. The molecule has 1 aliphatic rings. The van der Waals surface area contributed by atoms with Gasteiger partial charge in [0, 0.05) is 23.6 Å². The number of benzene rings is 2. The van der Waals surface area contributed by atoms with Gasteiger partial charge in [-0.05, 0) is 35.2 Å². The van der Waals surface area contributed by atoms with E-state index >= 15 is 0 Å². The van der Waals surface area contributed by atoms with Gasteiger partial charge in [-0.2, -0.15) is 0 Å². The number of nitrogens with zero attached hydrogens (tertiary/aromatic N) is 1. The zero-order valence-electron chi connectivity index (χ0n) is 14.7. The fraction of sp³-hybridized carbons (Fsp3) is 0.238. The first-order valence-corrected chi connectivity index (χ1v) is 8.82. The van der Waals surface area contributed by atoms with Crippen LogP contribution in [0, 0.1) is 0 Å². The van der Waals surface area contributed by atoms with Crippen molar-refractivity contribution in [1.82, 2.24) is 4.57 Å². The van der Waals surface area contributed by atoms with Crippen molar-refractivity contribution >= 4 is 16.6 Å². The Balaban J connectivity index is 1.70. The van der Waals surface area contributed by atoms with E-state index in [-0.39, 0.29) is 24.4 Å². The predicted molar refractivity (Wildman–Crippen MR) is 101 cm³/mol. The largest absolute Gasteiger partial charge is 0.486 e. The van der Waals surface area contributed by atoms with Crippen LogP contribution in [0.5, 0.6) is 11.5 Å². The second-order valence-corrected chi connectivity index (χ2v) is 6.39. The number of carbonyl (C=O) groups is 1. The highest BCUT2D eigenvalue weighted by molar-refractivity contribution is 6.07. The van der Waals surface area contributed by atoms with E-state index in [4.69, 9.17) is 14.6 Å². The minimum absolute atomic E-state index is 0.0411. The van der Waals surface area contributed by atoms with Gasteiger partial charge in [-0.1, -0.05) is 18.2 Å². The number of ketones is 1. The maximum Gasteiger partial charge on any atom is 0.258 e. The summed E-state index contributed by atoms with van der Waals surface area (Å²) >= 11 is 0. The lowest BCUT2D eigenvalue weighted by Gasteiger charge is -2.19. The summed E-state index contributed by atoms with van der Waals surface area (Å²) in [7, 11) is 0. The Morgan fingerprint density at radius 1 is 1.04 bits per heavy atom. The molecular weight excluding hydrogens is 346 g/mol. The van der Waals surface area contributed by atoms with Crippen LogP contribution in [0.3, 0.4) is 0 Å². The summed E-state index contributed by atoms with van der Waals surface area (Å²) in [5.41, 5.74) is 1.22. The van der Waals surface area contributed by atoms with Crippen molar-refractivity contribution in [2.45, 2.75) is 13.0 Å². The number of ether oxygens (including phenoxy) is 2. The molecule has 1 aromatic heterocycles. The summed E-state index contributed by atoms with van der Waals surface area (Å²) < 4.78 is 12.7. The monoisotopic (exact) mass is 365 g/mol. The van der Waals surface area contributed by atoms with Gasteiger partial charge in [0.25, 0.3) is 5.56 Å². The number of Topliss-reactive ketones (excluding diaryl/α,β-unsaturated/α-hetero) is 1. The zero-order valence-corrected chi connectivity index (χ0v) is 14.7. The van der Waals surface area contributed by atoms with Gasteiger partial charge in [0.1, 0.15) is 13.2 Å². The quantitative estimate of drug-likeness (QED) is 0.703. The molecule has 0 aliphatic carbocycles. The molecule has 1 aliphatic heterocycles. The minimum atomic E-state index is -0.212. The van der Waals surface area contributed by atoms with Gasteiger partial charge in [0.15, 0.2) is 17.3 Å². The van der Waals surface area contributed by atoms with Crippen LogP contribution < -0.4 is 15.0 Å². The number of aliphatic hydroxyl groups is 1. The zero-order chi connectivity index (χ0) is 18.8. The van der Waals surface area contributed by atoms with E-state index in [9.17, 15) is 9.59 Å². The lowest BCUT2D eigenvalue weighted by atomic mass is 10.0. The van der Waals surface area contributed by atoms with Crippen molar-refractivity contribution in [3.63, 3.8) is 0 Å². The van der Waals surface area contributed by atoms with Gasteiger partial charge in [-0.3, -0.25) is 9.59 Å². The van der Waals surface area contributed by atoms with Crippen molar-refractivity contribution in [3.8, 4) is 11.5 Å². The normalized spacial score (nSPS) is 12.9. The maximum atomic E-state index is 12.9. The highest BCUT2D eigenvalue weighted by Gasteiger charge is 2.14. The van der Waals surface area contributed by atoms with Gasteiger partial charge in [-0.15, -0.1) is 0 Å². The molecule has 4 rings (SSSR count). The summed E-state index contributed by atoms with van der Waals surface area (Å²) in [5, 5.41) is 10.1. The average Bonchev–Trinajstić information content (AvgIpc) is 2.70. The molecule has 6 nitrogen and oxygen atoms in total. The number of hydrogen-bond donors (Lipinski definition) is 1. The van der Waals surface area contributed by atoms with E-state index in [1.807, 2.05) is 18.2 Å². The van der Waals surface area contributed by atoms with Crippen LogP contribution in [-0.2, 0) is 6.54 Å². The molecule has 0 fully saturated rings. The standard InChI is InChI=1S/C21H19NO5/c23-9-7-18(24)16-2-1-3-17-15(16)6-8-22(21(17)25)13-14-4-5-19-20(12-14)27-11-10-26-19/h1-6,8,12,23H,7,9-11,13H2.